The normalized spacial score (nSPS) is 26.0. The van der Waals surface area contributed by atoms with Crippen LogP contribution in [0.25, 0.3) is 0 Å². The van der Waals surface area contributed by atoms with Crippen molar-refractivity contribution in [2.45, 2.75) is 38.1 Å². The summed E-state index contributed by atoms with van der Waals surface area (Å²) in [4.78, 5) is 19.2. The molecular weight excluding hydrogens is 394 g/mol. The van der Waals surface area contributed by atoms with Gasteiger partial charge in [-0.2, -0.15) is 5.10 Å². The average molecular weight is 422 g/mol. The fourth-order valence-corrected chi connectivity index (χ4v) is 4.94. The van der Waals surface area contributed by atoms with Gasteiger partial charge in [-0.3, -0.25) is 19.4 Å². The first kappa shape index (κ1) is 20.0. The Labute approximate surface area is 180 Å². The zero-order valence-electron chi connectivity index (χ0n) is 17.3. The van der Waals surface area contributed by atoms with Gasteiger partial charge in [0.1, 0.15) is 5.76 Å². The molecule has 1 saturated heterocycles. The molecule has 0 bridgehead atoms. The molecule has 1 saturated carbocycles. The van der Waals surface area contributed by atoms with Crippen LogP contribution in [-0.4, -0.2) is 55.9 Å². The van der Waals surface area contributed by atoms with E-state index in [1.165, 1.54) is 5.56 Å². The van der Waals surface area contributed by atoms with E-state index in [0.29, 0.717) is 30.6 Å². The van der Waals surface area contributed by atoms with Gasteiger partial charge in [0.25, 0.3) is 5.91 Å². The molecule has 3 aromatic rings. The molecule has 2 N–H and O–H groups in total. The van der Waals surface area contributed by atoms with Gasteiger partial charge < -0.3 is 14.8 Å². The molecule has 1 aliphatic heterocycles. The highest BCUT2D eigenvalue weighted by atomic mass is 16.4. The second-order valence-electron chi connectivity index (χ2n) is 8.66. The van der Waals surface area contributed by atoms with Crippen molar-refractivity contribution in [3.05, 3.63) is 72.2 Å². The molecule has 0 aromatic carbocycles. The fourth-order valence-electron chi connectivity index (χ4n) is 4.94. The summed E-state index contributed by atoms with van der Waals surface area (Å²) in [6.45, 7) is 3.35. The lowest BCUT2D eigenvalue weighted by Gasteiger charge is -2.35. The molecule has 31 heavy (non-hydrogen) atoms. The Hall–Kier alpha value is -2.97. The minimum atomic E-state index is -0.537. The van der Waals surface area contributed by atoms with E-state index in [-0.39, 0.29) is 17.7 Å². The third kappa shape index (κ3) is 4.55. The highest BCUT2D eigenvalue weighted by Gasteiger charge is 2.42. The predicted octanol–water partition coefficient (Wildman–Crippen LogP) is 1.92. The SMILES string of the molecule is O=C(N[C@H]1C[C@H]2CN(Cc3ccncc3)C[C@H]2C[C@@H]1O)c1ccc(Cn2cccn2)o1. The van der Waals surface area contributed by atoms with Crippen molar-refractivity contribution in [1.82, 2.24) is 25.0 Å². The van der Waals surface area contributed by atoms with E-state index >= 15 is 0 Å². The molecule has 1 aliphatic carbocycles. The number of rotatable bonds is 6. The largest absolute Gasteiger partial charge is 0.454 e. The summed E-state index contributed by atoms with van der Waals surface area (Å²) >= 11 is 0. The minimum Gasteiger partial charge on any atom is -0.454 e. The lowest BCUT2D eigenvalue weighted by Crippen LogP contribution is -2.49. The number of aliphatic hydroxyl groups excluding tert-OH is 1. The number of aliphatic hydroxyl groups is 1. The zero-order chi connectivity index (χ0) is 21.2. The molecule has 8 heteroatoms. The number of amides is 1. The number of carbonyl (C=O) groups excluding carboxylic acids is 1. The molecule has 2 aliphatic rings. The number of aromatic nitrogens is 3. The Balaban J connectivity index is 1.17. The van der Waals surface area contributed by atoms with Crippen LogP contribution in [0.1, 0.15) is 34.7 Å². The Morgan fingerprint density at radius 2 is 1.90 bits per heavy atom. The van der Waals surface area contributed by atoms with Gasteiger partial charge in [0.05, 0.1) is 18.7 Å². The van der Waals surface area contributed by atoms with E-state index in [4.69, 9.17) is 4.42 Å². The highest BCUT2D eigenvalue weighted by molar-refractivity contribution is 5.91. The second kappa shape index (κ2) is 8.64. The molecule has 0 spiro atoms. The van der Waals surface area contributed by atoms with E-state index in [0.717, 1.165) is 26.1 Å². The van der Waals surface area contributed by atoms with E-state index in [2.05, 4.69) is 20.3 Å². The van der Waals surface area contributed by atoms with Crippen molar-refractivity contribution < 1.29 is 14.3 Å². The number of hydrogen-bond donors (Lipinski definition) is 2. The smallest absolute Gasteiger partial charge is 0.287 e. The Kier molecular flexibility index (Phi) is 5.57. The van der Waals surface area contributed by atoms with E-state index in [1.807, 2.05) is 36.8 Å². The predicted molar refractivity (Wildman–Crippen MR) is 113 cm³/mol. The minimum absolute atomic E-state index is 0.255. The number of hydrogen-bond acceptors (Lipinski definition) is 6. The summed E-state index contributed by atoms with van der Waals surface area (Å²) in [5.41, 5.74) is 1.25. The van der Waals surface area contributed by atoms with Gasteiger partial charge in [-0.15, -0.1) is 0 Å². The maximum Gasteiger partial charge on any atom is 0.287 e. The summed E-state index contributed by atoms with van der Waals surface area (Å²) in [6.07, 6.45) is 8.15. The van der Waals surface area contributed by atoms with Crippen LogP contribution in [0, 0.1) is 11.8 Å². The van der Waals surface area contributed by atoms with Crippen LogP contribution in [0.5, 0.6) is 0 Å². The van der Waals surface area contributed by atoms with Crippen molar-refractivity contribution in [2.24, 2.45) is 11.8 Å². The number of nitrogens with zero attached hydrogens (tertiary/aromatic N) is 4. The van der Waals surface area contributed by atoms with Crippen LogP contribution in [0.4, 0.5) is 0 Å². The van der Waals surface area contributed by atoms with Gasteiger partial charge >= 0.3 is 0 Å². The van der Waals surface area contributed by atoms with Crippen molar-refractivity contribution in [1.29, 1.82) is 0 Å². The molecule has 5 rings (SSSR count). The first-order valence-corrected chi connectivity index (χ1v) is 10.8. The Bertz CT molecular complexity index is 1000. The Morgan fingerprint density at radius 3 is 2.68 bits per heavy atom. The lowest BCUT2D eigenvalue weighted by atomic mass is 9.77. The second-order valence-corrected chi connectivity index (χ2v) is 8.66. The molecule has 3 aromatic heterocycles. The van der Waals surface area contributed by atoms with Gasteiger partial charge in [-0.05, 0) is 60.6 Å². The number of furan rings is 1. The van der Waals surface area contributed by atoms with Crippen LogP contribution >= 0.6 is 0 Å². The quantitative estimate of drug-likeness (QED) is 0.631. The molecule has 8 nitrogen and oxygen atoms in total. The maximum absolute atomic E-state index is 12.7. The number of pyridine rings is 1. The first-order chi connectivity index (χ1) is 15.1. The third-order valence-electron chi connectivity index (χ3n) is 6.45. The molecular formula is C23H27N5O3. The lowest BCUT2D eigenvalue weighted by molar-refractivity contribution is 0.0451. The van der Waals surface area contributed by atoms with Crippen LogP contribution in [0.15, 0.2) is 59.5 Å². The molecule has 0 radical (unpaired) electrons. The monoisotopic (exact) mass is 421 g/mol. The summed E-state index contributed by atoms with van der Waals surface area (Å²) in [7, 11) is 0. The average Bonchev–Trinajstić information content (AvgIpc) is 3.51. The van der Waals surface area contributed by atoms with E-state index in [1.54, 1.807) is 23.0 Å². The number of likely N-dealkylation sites (tertiary alicyclic amines) is 1. The van der Waals surface area contributed by atoms with Gasteiger partial charge in [-0.1, -0.05) is 0 Å². The summed E-state index contributed by atoms with van der Waals surface area (Å²) in [5.74, 6) is 1.60. The molecule has 2 fully saturated rings. The molecule has 162 valence electrons. The van der Waals surface area contributed by atoms with Crippen molar-refractivity contribution in [3.8, 4) is 0 Å². The van der Waals surface area contributed by atoms with E-state index in [9.17, 15) is 9.90 Å². The van der Waals surface area contributed by atoms with Crippen LogP contribution in [0.2, 0.25) is 0 Å². The fraction of sp³-hybridized carbons (Fsp3) is 0.435. The van der Waals surface area contributed by atoms with Crippen LogP contribution in [0.3, 0.4) is 0 Å². The van der Waals surface area contributed by atoms with Gasteiger partial charge in [0.15, 0.2) is 5.76 Å². The van der Waals surface area contributed by atoms with Gasteiger partial charge in [0.2, 0.25) is 0 Å². The molecule has 4 heterocycles. The van der Waals surface area contributed by atoms with Crippen molar-refractivity contribution in [2.75, 3.05) is 13.1 Å². The standard InChI is InChI=1S/C23H27N5O3/c29-21-11-18-14-27(12-16-4-7-24-8-5-16)13-17(18)10-20(21)26-23(30)22-3-2-19(31-22)15-28-9-1-6-25-28/h1-9,17-18,20-21,29H,10-15H2,(H,26,30)/t17-,18+,20-,21-/m0/s1. The van der Waals surface area contributed by atoms with Crippen molar-refractivity contribution in [3.63, 3.8) is 0 Å². The summed E-state index contributed by atoms with van der Waals surface area (Å²) in [6, 6.07) is 9.15. The third-order valence-corrected chi connectivity index (χ3v) is 6.45. The van der Waals surface area contributed by atoms with Crippen molar-refractivity contribution >= 4 is 5.91 Å². The van der Waals surface area contributed by atoms with Crippen LogP contribution < -0.4 is 5.32 Å². The van der Waals surface area contributed by atoms with E-state index < -0.39 is 6.10 Å². The molecule has 1 amide bonds. The summed E-state index contributed by atoms with van der Waals surface area (Å²) in [5, 5.41) is 17.8. The van der Waals surface area contributed by atoms with Crippen LogP contribution in [-0.2, 0) is 13.1 Å². The first-order valence-electron chi connectivity index (χ1n) is 10.8. The number of fused-ring (bicyclic) bond motifs is 1. The summed E-state index contributed by atoms with van der Waals surface area (Å²) < 4.78 is 7.44. The number of nitrogens with one attached hydrogen (secondary N) is 1. The molecule has 4 atom stereocenters. The van der Waals surface area contributed by atoms with Gasteiger partial charge in [0, 0.05) is 44.4 Å². The number of carbonyl (C=O) groups is 1. The molecule has 0 unspecified atom stereocenters. The van der Waals surface area contributed by atoms with Gasteiger partial charge in [-0.25, -0.2) is 0 Å². The topological polar surface area (TPSA) is 96.4 Å². The maximum atomic E-state index is 12.7. The Morgan fingerprint density at radius 1 is 1.10 bits per heavy atom. The zero-order valence-corrected chi connectivity index (χ0v) is 17.3. The highest BCUT2D eigenvalue weighted by Crippen LogP contribution is 2.37.